The fraction of sp³-hybridized carbons (Fsp3) is 0.250. The van der Waals surface area contributed by atoms with Crippen molar-refractivity contribution in [3.8, 4) is 5.75 Å². The number of hydrogen-bond donors (Lipinski definition) is 2. The molecule has 2 amide bonds. The summed E-state index contributed by atoms with van der Waals surface area (Å²) in [5.74, 6) is 0.275. The number of nitrogens with one attached hydrogen (secondary N) is 2. The molecule has 2 aromatic rings. The summed E-state index contributed by atoms with van der Waals surface area (Å²) >= 11 is 1.31. The molecule has 0 aliphatic rings. The molecule has 0 aliphatic carbocycles. The minimum atomic E-state index is -0.257. The number of nitrogens with zero attached hydrogens (tertiary/aromatic N) is 1. The molecule has 0 saturated heterocycles. The Balaban J connectivity index is 1.84. The highest BCUT2D eigenvalue weighted by Crippen LogP contribution is 2.23. The molecular weight excluding hydrogens is 314 g/mol. The van der Waals surface area contributed by atoms with Crippen LogP contribution >= 0.6 is 11.3 Å². The van der Waals surface area contributed by atoms with E-state index in [0.717, 1.165) is 5.75 Å². The molecule has 0 bridgehead atoms. The third-order valence-corrected chi connectivity index (χ3v) is 3.66. The molecule has 1 aromatic heterocycles. The van der Waals surface area contributed by atoms with Gasteiger partial charge in [0.05, 0.1) is 18.6 Å². The summed E-state index contributed by atoms with van der Waals surface area (Å²) in [6.45, 7) is 0.278. The van der Waals surface area contributed by atoms with Crippen molar-refractivity contribution in [3.05, 3.63) is 47.3 Å². The fourth-order valence-corrected chi connectivity index (χ4v) is 2.62. The van der Waals surface area contributed by atoms with Crippen LogP contribution in [0.3, 0.4) is 0 Å². The largest absolute Gasteiger partial charge is 0.493 e. The van der Waals surface area contributed by atoms with Crippen LogP contribution < -0.4 is 15.5 Å². The van der Waals surface area contributed by atoms with Crippen molar-refractivity contribution < 1.29 is 14.3 Å². The number of para-hydroxylation sites is 1. The second-order valence-corrected chi connectivity index (χ2v) is 5.87. The molecule has 0 fully saturated rings. The Morgan fingerprint density at radius 2 is 1.91 bits per heavy atom. The van der Waals surface area contributed by atoms with Crippen LogP contribution in [0.1, 0.15) is 16.8 Å². The van der Waals surface area contributed by atoms with Gasteiger partial charge in [-0.1, -0.05) is 18.2 Å². The summed E-state index contributed by atoms with van der Waals surface area (Å²) in [4.78, 5) is 24.0. The highest BCUT2D eigenvalue weighted by atomic mass is 32.1. The monoisotopic (exact) mass is 333 g/mol. The molecule has 0 saturated carbocycles. The third-order valence-electron chi connectivity index (χ3n) is 2.83. The van der Waals surface area contributed by atoms with E-state index in [1.807, 2.05) is 30.3 Å². The van der Waals surface area contributed by atoms with Gasteiger partial charge in [0.1, 0.15) is 10.8 Å². The SMILES string of the molecule is CN(C)NC(=O)c1ccsc1NC(=O)CCOc1ccccc1. The van der Waals surface area contributed by atoms with Gasteiger partial charge in [0.2, 0.25) is 5.91 Å². The lowest BCUT2D eigenvalue weighted by molar-refractivity contribution is -0.116. The molecule has 6 nitrogen and oxygen atoms in total. The average molecular weight is 333 g/mol. The van der Waals surface area contributed by atoms with Crippen molar-refractivity contribution in [2.24, 2.45) is 0 Å². The van der Waals surface area contributed by atoms with Gasteiger partial charge in [0, 0.05) is 14.1 Å². The van der Waals surface area contributed by atoms with Gasteiger partial charge >= 0.3 is 0 Å². The standard InChI is InChI=1S/C16H19N3O3S/c1-19(2)18-15(21)13-9-11-23-16(13)17-14(20)8-10-22-12-6-4-3-5-7-12/h3-7,9,11H,8,10H2,1-2H3,(H,17,20)(H,18,21). The van der Waals surface area contributed by atoms with Crippen LogP contribution in [0.5, 0.6) is 5.75 Å². The van der Waals surface area contributed by atoms with E-state index in [4.69, 9.17) is 4.74 Å². The molecule has 0 atom stereocenters. The summed E-state index contributed by atoms with van der Waals surface area (Å²) in [5.41, 5.74) is 3.09. The Bertz CT molecular complexity index is 656. The quantitative estimate of drug-likeness (QED) is 0.763. The van der Waals surface area contributed by atoms with Gasteiger partial charge in [0.25, 0.3) is 5.91 Å². The number of carbonyl (C=O) groups is 2. The van der Waals surface area contributed by atoms with E-state index in [1.165, 1.54) is 11.3 Å². The molecule has 0 radical (unpaired) electrons. The summed E-state index contributed by atoms with van der Waals surface area (Å²) in [7, 11) is 3.45. The maximum Gasteiger partial charge on any atom is 0.268 e. The molecular formula is C16H19N3O3S. The van der Waals surface area contributed by atoms with Crippen LogP contribution in [-0.4, -0.2) is 37.5 Å². The van der Waals surface area contributed by atoms with Gasteiger partial charge in [-0.15, -0.1) is 11.3 Å². The maximum absolute atomic E-state index is 12.0. The predicted octanol–water partition coefficient (Wildman–Crippen LogP) is 2.36. The Labute approximate surface area is 139 Å². The average Bonchev–Trinajstić information content (AvgIpc) is 2.96. The first kappa shape index (κ1) is 17.0. The van der Waals surface area contributed by atoms with Gasteiger partial charge in [0.15, 0.2) is 0 Å². The lowest BCUT2D eigenvalue weighted by atomic mass is 10.3. The van der Waals surface area contributed by atoms with Gasteiger partial charge in [-0.05, 0) is 23.6 Å². The molecule has 2 rings (SSSR count). The number of anilines is 1. The van der Waals surface area contributed by atoms with Crippen molar-refractivity contribution in [2.45, 2.75) is 6.42 Å². The van der Waals surface area contributed by atoms with E-state index >= 15 is 0 Å². The Hall–Kier alpha value is -2.38. The molecule has 1 heterocycles. The smallest absolute Gasteiger partial charge is 0.268 e. The van der Waals surface area contributed by atoms with Crippen molar-refractivity contribution in [1.29, 1.82) is 0 Å². The lowest BCUT2D eigenvalue weighted by Gasteiger charge is -2.12. The van der Waals surface area contributed by atoms with Crippen molar-refractivity contribution in [2.75, 3.05) is 26.0 Å². The number of benzene rings is 1. The van der Waals surface area contributed by atoms with Crippen molar-refractivity contribution in [3.63, 3.8) is 0 Å². The molecule has 0 unspecified atom stereocenters. The number of amides is 2. The third kappa shape index (κ3) is 5.39. The van der Waals surface area contributed by atoms with E-state index < -0.39 is 0 Å². The van der Waals surface area contributed by atoms with Gasteiger partial charge in [-0.2, -0.15) is 0 Å². The summed E-state index contributed by atoms with van der Waals surface area (Å²) in [6, 6.07) is 11.0. The van der Waals surface area contributed by atoms with Crippen LogP contribution in [0, 0.1) is 0 Å². The van der Waals surface area contributed by atoms with E-state index in [2.05, 4.69) is 10.7 Å². The molecule has 0 aliphatic heterocycles. The first-order chi connectivity index (χ1) is 11.1. The van der Waals surface area contributed by atoms with Gasteiger partial charge < -0.3 is 10.1 Å². The Kier molecular flexibility index (Phi) is 6.13. The van der Waals surface area contributed by atoms with Crippen LogP contribution in [0.15, 0.2) is 41.8 Å². The molecule has 1 aromatic carbocycles. The van der Waals surface area contributed by atoms with Crippen LogP contribution in [0.25, 0.3) is 0 Å². The number of hydrogen-bond acceptors (Lipinski definition) is 5. The molecule has 7 heteroatoms. The number of hydrazine groups is 1. The highest BCUT2D eigenvalue weighted by Gasteiger charge is 2.15. The van der Waals surface area contributed by atoms with E-state index in [9.17, 15) is 9.59 Å². The number of rotatable bonds is 7. The molecule has 0 spiro atoms. The molecule has 23 heavy (non-hydrogen) atoms. The summed E-state index contributed by atoms with van der Waals surface area (Å²) in [5, 5.41) is 6.61. The van der Waals surface area contributed by atoms with E-state index in [1.54, 1.807) is 30.6 Å². The maximum atomic E-state index is 12.0. The molecule has 2 N–H and O–H groups in total. The Morgan fingerprint density at radius 1 is 1.17 bits per heavy atom. The molecule has 122 valence electrons. The van der Waals surface area contributed by atoms with E-state index in [0.29, 0.717) is 10.6 Å². The summed E-state index contributed by atoms with van der Waals surface area (Å²) in [6.07, 6.45) is 0.210. The second-order valence-electron chi connectivity index (χ2n) is 4.96. The van der Waals surface area contributed by atoms with Gasteiger partial charge in [-0.25, -0.2) is 5.01 Å². The van der Waals surface area contributed by atoms with Gasteiger partial charge in [-0.3, -0.25) is 15.0 Å². The lowest BCUT2D eigenvalue weighted by Crippen LogP contribution is -2.36. The first-order valence-corrected chi connectivity index (χ1v) is 7.97. The van der Waals surface area contributed by atoms with Crippen molar-refractivity contribution in [1.82, 2.24) is 10.4 Å². The fourth-order valence-electron chi connectivity index (χ4n) is 1.82. The first-order valence-electron chi connectivity index (χ1n) is 7.10. The zero-order valence-corrected chi connectivity index (χ0v) is 13.9. The van der Waals surface area contributed by atoms with Crippen LogP contribution in [0.2, 0.25) is 0 Å². The zero-order chi connectivity index (χ0) is 16.7. The number of ether oxygens (including phenoxy) is 1. The minimum Gasteiger partial charge on any atom is -0.493 e. The zero-order valence-electron chi connectivity index (χ0n) is 13.0. The predicted molar refractivity (Wildman–Crippen MR) is 90.7 cm³/mol. The van der Waals surface area contributed by atoms with Crippen LogP contribution in [-0.2, 0) is 4.79 Å². The topological polar surface area (TPSA) is 70.7 Å². The minimum absolute atomic E-state index is 0.192. The normalized spacial score (nSPS) is 10.4. The number of carbonyl (C=O) groups excluding carboxylic acids is 2. The second kappa shape index (κ2) is 8.30. The highest BCUT2D eigenvalue weighted by molar-refractivity contribution is 7.14. The Morgan fingerprint density at radius 3 is 2.61 bits per heavy atom. The van der Waals surface area contributed by atoms with E-state index in [-0.39, 0.29) is 24.8 Å². The summed E-state index contributed by atoms with van der Waals surface area (Å²) < 4.78 is 5.48. The number of thiophene rings is 1. The van der Waals surface area contributed by atoms with Crippen molar-refractivity contribution >= 4 is 28.2 Å². The van der Waals surface area contributed by atoms with Crippen LogP contribution in [0.4, 0.5) is 5.00 Å².